The van der Waals surface area contributed by atoms with E-state index in [2.05, 4.69) is 4.99 Å². The highest BCUT2D eigenvalue weighted by Gasteiger charge is 2.33. The van der Waals surface area contributed by atoms with Crippen molar-refractivity contribution in [3.05, 3.63) is 11.3 Å². The van der Waals surface area contributed by atoms with Crippen LogP contribution in [0.15, 0.2) is 16.3 Å². The third-order valence-electron chi connectivity index (χ3n) is 2.54. The molecule has 0 amide bonds. The number of carbonyl (C=O) groups is 2. The summed E-state index contributed by atoms with van der Waals surface area (Å²) in [5.74, 6) is -2.67. The minimum absolute atomic E-state index is 0.274. The van der Waals surface area contributed by atoms with Crippen molar-refractivity contribution >= 4 is 17.7 Å². The van der Waals surface area contributed by atoms with Gasteiger partial charge >= 0.3 is 11.9 Å². The van der Waals surface area contributed by atoms with Crippen molar-refractivity contribution in [1.29, 1.82) is 0 Å². The van der Waals surface area contributed by atoms with Crippen LogP contribution in [0.3, 0.4) is 0 Å². The number of nitrogens with two attached hydrogens (primary N) is 1. The van der Waals surface area contributed by atoms with Crippen LogP contribution in [0, 0.1) is 0 Å². The predicted molar refractivity (Wildman–Crippen MR) is 60.4 cm³/mol. The second kappa shape index (κ2) is 4.96. The molecule has 1 heterocycles. The van der Waals surface area contributed by atoms with E-state index in [1.807, 2.05) is 0 Å². The Morgan fingerprint density at radius 3 is 2.29 bits per heavy atom. The number of aliphatic imine (C=N–C) groups is 1. The summed E-state index contributed by atoms with van der Waals surface area (Å²) < 4.78 is 0. The highest BCUT2D eigenvalue weighted by molar-refractivity contribution is 6.48. The molecule has 0 saturated heterocycles. The molecule has 17 heavy (non-hydrogen) atoms. The normalized spacial score (nSPS) is 20.3. The number of nitrogens with zero attached hydrogens (tertiary/aromatic N) is 2. The maximum absolute atomic E-state index is 11.1. The van der Waals surface area contributed by atoms with Gasteiger partial charge < -0.3 is 15.1 Å². The number of aliphatic carboxylic acids is 2. The molecule has 0 bridgehead atoms. The fraction of sp³-hybridized carbons (Fsp3) is 0.500. The Morgan fingerprint density at radius 1 is 1.35 bits per heavy atom. The average molecular weight is 241 g/mol. The molecule has 1 aliphatic heterocycles. The second-order valence-corrected chi connectivity index (χ2v) is 3.46. The zero-order valence-electron chi connectivity index (χ0n) is 9.67. The maximum Gasteiger partial charge on any atom is 0.355 e. The van der Waals surface area contributed by atoms with Crippen molar-refractivity contribution in [1.82, 2.24) is 4.90 Å². The lowest BCUT2D eigenvalue weighted by molar-refractivity contribution is -0.134. The Morgan fingerprint density at radius 2 is 1.94 bits per heavy atom. The largest absolute Gasteiger partial charge is 0.478 e. The predicted octanol–water partition coefficient (Wildman–Crippen LogP) is -0.161. The van der Waals surface area contributed by atoms with Gasteiger partial charge in [0.15, 0.2) is 12.0 Å². The number of carboxylic acids is 2. The molecular formula is C10H15N3O4. The molecule has 0 fully saturated rings. The Labute approximate surface area is 98.2 Å². The van der Waals surface area contributed by atoms with Gasteiger partial charge in [-0.15, -0.1) is 0 Å². The monoisotopic (exact) mass is 241 g/mol. The Balaban J connectivity index is 3.40. The van der Waals surface area contributed by atoms with Crippen LogP contribution in [0.25, 0.3) is 0 Å². The molecule has 0 aliphatic carbocycles. The van der Waals surface area contributed by atoms with Gasteiger partial charge in [0.05, 0.1) is 0 Å². The molecule has 1 unspecified atom stereocenters. The first-order chi connectivity index (χ1) is 7.93. The molecule has 0 spiro atoms. The van der Waals surface area contributed by atoms with Gasteiger partial charge in [0, 0.05) is 12.2 Å². The van der Waals surface area contributed by atoms with Crippen molar-refractivity contribution in [2.45, 2.75) is 26.6 Å². The Bertz CT molecular complexity index is 414. The summed E-state index contributed by atoms with van der Waals surface area (Å²) >= 11 is 0. The first-order valence-corrected chi connectivity index (χ1v) is 5.24. The number of rotatable bonds is 4. The van der Waals surface area contributed by atoms with Gasteiger partial charge in [-0.3, -0.25) is 5.73 Å². The third-order valence-corrected chi connectivity index (χ3v) is 2.54. The maximum atomic E-state index is 11.1. The third kappa shape index (κ3) is 2.28. The summed E-state index contributed by atoms with van der Waals surface area (Å²) in [6.45, 7) is 4.02. The Hall–Kier alpha value is -1.89. The van der Waals surface area contributed by atoms with Crippen LogP contribution in [-0.4, -0.2) is 45.6 Å². The summed E-state index contributed by atoms with van der Waals surface area (Å²) in [5.41, 5.74) is 5.34. The molecule has 0 radical (unpaired) electrons. The van der Waals surface area contributed by atoms with Gasteiger partial charge in [-0.1, -0.05) is 6.92 Å². The van der Waals surface area contributed by atoms with Crippen LogP contribution in [0.1, 0.15) is 20.3 Å². The van der Waals surface area contributed by atoms with E-state index in [-0.39, 0.29) is 5.57 Å². The fourth-order valence-electron chi connectivity index (χ4n) is 1.85. The average Bonchev–Trinajstić information content (AvgIpc) is 2.26. The summed E-state index contributed by atoms with van der Waals surface area (Å²) in [6.07, 6.45) is -0.459. The molecule has 4 N–H and O–H groups in total. The summed E-state index contributed by atoms with van der Waals surface area (Å²) in [7, 11) is 0. The van der Waals surface area contributed by atoms with Gasteiger partial charge in [0.25, 0.3) is 0 Å². The van der Waals surface area contributed by atoms with Gasteiger partial charge in [0.1, 0.15) is 5.57 Å². The van der Waals surface area contributed by atoms with Crippen LogP contribution in [-0.2, 0) is 9.59 Å². The van der Waals surface area contributed by atoms with Crippen molar-refractivity contribution in [3.8, 4) is 0 Å². The van der Waals surface area contributed by atoms with Crippen LogP contribution >= 0.6 is 0 Å². The lowest BCUT2D eigenvalue weighted by atomic mass is 10.0. The molecule has 0 aromatic rings. The summed E-state index contributed by atoms with van der Waals surface area (Å²) in [5, 5.41) is 18.0. The van der Waals surface area contributed by atoms with Crippen molar-refractivity contribution in [2.75, 3.05) is 6.54 Å². The molecular weight excluding hydrogens is 226 g/mol. The highest BCUT2D eigenvalue weighted by Crippen LogP contribution is 2.23. The van der Waals surface area contributed by atoms with Crippen LogP contribution in [0.2, 0.25) is 0 Å². The number of hydrogen-bond acceptors (Lipinski definition) is 5. The highest BCUT2D eigenvalue weighted by atomic mass is 16.4. The van der Waals surface area contributed by atoms with Gasteiger partial charge in [-0.05, 0) is 13.3 Å². The topological polar surface area (TPSA) is 116 Å². The standard InChI is InChI=1S/C10H15N3O4/c1-3-5-6(8(14)15)7(9(16)17)12-10(11)13(5)4-2/h10H,3-4,11H2,1-2H3,(H,14,15)(H,16,17). The van der Waals surface area contributed by atoms with Gasteiger partial charge in [-0.25, -0.2) is 14.6 Å². The lowest BCUT2D eigenvalue weighted by Crippen LogP contribution is -2.46. The smallest absolute Gasteiger partial charge is 0.355 e. The molecule has 7 heteroatoms. The van der Waals surface area contributed by atoms with Crippen LogP contribution in [0.5, 0.6) is 0 Å². The summed E-state index contributed by atoms with van der Waals surface area (Å²) in [4.78, 5) is 27.4. The fourth-order valence-corrected chi connectivity index (χ4v) is 1.85. The minimum atomic E-state index is -1.38. The molecule has 0 saturated carbocycles. The zero-order chi connectivity index (χ0) is 13.2. The van der Waals surface area contributed by atoms with Crippen LogP contribution in [0.4, 0.5) is 0 Å². The van der Waals surface area contributed by atoms with E-state index in [0.29, 0.717) is 18.7 Å². The van der Waals surface area contributed by atoms with Gasteiger partial charge in [0.2, 0.25) is 0 Å². The number of allylic oxidation sites excluding steroid dienone is 1. The van der Waals surface area contributed by atoms with E-state index < -0.39 is 23.9 Å². The van der Waals surface area contributed by atoms with Gasteiger partial charge in [-0.2, -0.15) is 0 Å². The van der Waals surface area contributed by atoms with E-state index in [4.69, 9.17) is 15.9 Å². The van der Waals surface area contributed by atoms with Crippen molar-refractivity contribution in [3.63, 3.8) is 0 Å². The quantitative estimate of drug-likeness (QED) is 0.629. The van der Waals surface area contributed by atoms with Crippen LogP contribution < -0.4 is 5.73 Å². The summed E-state index contributed by atoms with van der Waals surface area (Å²) in [6, 6.07) is 0. The molecule has 1 rings (SSSR count). The molecule has 1 atom stereocenters. The number of carboxylic acid groups (broad SMARTS) is 2. The van der Waals surface area contributed by atoms with E-state index in [0.717, 1.165) is 0 Å². The number of hydrogen-bond donors (Lipinski definition) is 3. The van der Waals surface area contributed by atoms with E-state index in [1.54, 1.807) is 18.7 Å². The van der Waals surface area contributed by atoms with Crippen molar-refractivity contribution in [2.24, 2.45) is 10.7 Å². The van der Waals surface area contributed by atoms with E-state index >= 15 is 0 Å². The van der Waals surface area contributed by atoms with E-state index in [9.17, 15) is 9.59 Å². The first-order valence-electron chi connectivity index (χ1n) is 5.24. The van der Waals surface area contributed by atoms with Crippen molar-refractivity contribution < 1.29 is 19.8 Å². The molecule has 94 valence electrons. The lowest BCUT2D eigenvalue weighted by Gasteiger charge is -2.33. The molecule has 0 aromatic carbocycles. The molecule has 1 aliphatic rings. The Kier molecular flexibility index (Phi) is 3.84. The first kappa shape index (κ1) is 13.2. The van der Waals surface area contributed by atoms with E-state index in [1.165, 1.54) is 0 Å². The SMILES string of the molecule is CCC1=C(C(=O)O)C(C(=O)O)=NC(N)N1CC. The molecule has 7 nitrogen and oxygen atoms in total. The molecule has 0 aromatic heterocycles. The second-order valence-electron chi connectivity index (χ2n) is 3.46. The zero-order valence-corrected chi connectivity index (χ0v) is 9.67. The minimum Gasteiger partial charge on any atom is -0.478 e.